The quantitative estimate of drug-likeness (QED) is 0.917. The molecule has 6 heteroatoms. The van der Waals surface area contributed by atoms with Gasteiger partial charge in [0.15, 0.2) is 0 Å². The van der Waals surface area contributed by atoms with Gasteiger partial charge in [-0.3, -0.25) is 4.79 Å². The molecule has 2 rings (SSSR count). The number of rotatable bonds is 5. The van der Waals surface area contributed by atoms with Gasteiger partial charge in [-0.1, -0.05) is 25.1 Å². The SMILES string of the molecule is CC(CN)C(=O)N(C)Cc1cnn(-c2ccccc2)c1.Cl. The average Bonchev–Trinajstić information content (AvgIpc) is 2.95. The zero-order valence-corrected chi connectivity index (χ0v) is 13.1. The Kier molecular flexibility index (Phi) is 6.39. The molecule has 1 aromatic carbocycles. The minimum absolute atomic E-state index is 0. The lowest BCUT2D eigenvalue weighted by Gasteiger charge is -2.19. The molecule has 0 fully saturated rings. The molecule has 2 N–H and O–H groups in total. The molecule has 1 heterocycles. The van der Waals surface area contributed by atoms with Crippen molar-refractivity contribution < 1.29 is 4.79 Å². The van der Waals surface area contributed by atoms with Gasteiger partial charge in [0, 0.05) is 37.8 Å². The van der Waals surface area contributed by atoms with Gasteiger partial charge in [0.05, 0.1) is 11.9 Å². The molecule has 0 aliphatic rings. The molecular weight excluding hydrogens is 288 g/mol. The number of nitrogens with zero attached hydrogens (tertiary/aromatic N) is 3. The zero-order valence-electron chi connectivity index (χ0n) is 12.3. The number of para-hydroxylation sites is 1. The van der Waals surface area contributed by atoms with Gasteiger partial charge in [0.1, 0.15) is 0 Å². The van der Waals surface area contributed by atoms with Gasteiger partial charge in [0.2, 0.25) is 5.91 Å². The number of halogens is 1. The summed E-state index contributed by atoms with van der Waals surface area (Å²) in [4.78, 5) is 13.7. The number of benzene rings is 1. The van der Waals surface area contributed by atoms with Gasteiger partial charge >= 0.3 is 0 Å². The average molecular weight is 309 g/mol. The highest BCUT2D eigenvalue weighted by atomic mass is 35.5. The van der Waals surface area contributed by atoms with E-state index in [9.17, 15) is 4.79 Å². The van der Waals surface area contributed by atoms with E-state index < -0.39 is 0 Å². The van der Waals surface area contributed by atoms with E-state index in [1.807, 2.05) is 43.5 Å². The fourth-order valence-electron chi connectivity index (χ4n) is 1.99. The smallest absolute Gasteiger partial charge is 0.226 e. The van der Waals surface area contributed by atoms with E-state index in [1.54, 1.807) is 22.8 Å². The van der Waals surface area contributed by atoms with Crippen LogP contribution in [0.5, 0.6) is 0 Å². The van der Waals surface area contributed by atoms with Crippen LogP contribution in [0.3, 0.4) is 0 Å². The van der Waals surface area contributed by atoms with Crippen molar-refractivity contribution in [2.45, 2.75) is 13.5 Å². The molecule has 1 atom stereocenters. The van der Waals surface area contributed by atoms with Crippen LogP contribution in [-0.2, 0) is 11.3 Å². The summed E-state index contributed by atoms with van der Waals surface area (Å²) in [6.07, 6.45) is 3.72. The number of hydrogen-bond acceptors (Lipinski definition) is 3. The third-order valence-electron chi connectivity index (χ3n) is 3.23. The lowest BCUT2D eigenvalue weighted by molar-refractivity contribution is -0.133. The third-order valence-corrected chi connectivity index (χ3v) is 3.23. The number of nitrogens with two attached hydrogens (primary N) is 1. The Morgan fingerprint density at radius 2 is 2.05 bits per heavy atom. The van der Waals surface area contributed by atoms with Gasteiger partial charge in [-0.25, -0.2) is 4.68 Å². The third kappa shape index (κ3) is 4.31. The van der Waals surface area contributed by atoms with Crippen LogP contribution in [0.4, 0.5) is 0 Å². The maximum absolute atomic E-state index is 12.0. The Bertz CT molecular complexity index is 570. The van der Waals surface area contributed by atoms with Gasteiger partial charge in [0.25, 0.3) is 0 Å². The second-order valence-corrected chi connectivity index (χ2v) is 4.96. The molecule has 1 amide bonds. The summed E-state index contributed by atoms with van der Waals surface area (Å²) in [5.74, 6) is -0.0934. The largest absolute Gasteiger partial charge is 0.341 e. The Hall–Kier alpha value is -1.85. The molecule has 0 radical (unpaired) electrons. The van der Waals surface area contributed by atoms with Crippen LogP contribution in [0.25, 0.3) is 5.69 Å². The second kappa shape index (κ2) is 7.81. The monoisotopic (exact) mass is 308 g/mol. The first-order chi connectivity index (χ1) is 9.61. The predicted molar refractivity (Wildman–Crippen MR) is 85.5 cm³/mol. The van der Waals surface area contributed by atoms with E-state index in [-0.39, 0.29) is 24.2 Å². The van der Waals surface area contributed by atoms with Crippen molar-refractivity contribution in [3.8, 4) is 5.69 Å². The van der Waals surface area contributed by atoms with Gasteiger partial charge in [-0.05, 0) is 12.1 Å². The van der Waals surface area contributed by atoms with Crippen molar-refractivity contribution in [2.24, 2.45) is 11.7 Å². The first-order valence-electron chi connectivity index (χ1n) is 6.66. The van der Waals surface area contributed by atoms with Crippen molar-refractivity contribution in [1.82, 2.24) is 14.7 Å². The molecular formula is C15H21ClN4O. The normalized spacial score (nSPS) is 11.6. The second-order valence-electron chi connectivity index (χ2n) is 4.96. The van der Waals surface area contributed by atoms with E-state index in [4.69, 9.17) is 5.73 Å². The Morgan fingerprint density at radius 1 is 1.38 bits per heavy atom. The topological polar surface area (TPSA) is 64.2 Å². The minimum Gasteiger partial charge on any atom is -0.341 e. The van der Waals surface area contributed by atoms with Crippen molar-refractivity contribution in [3.05, 3.63) is 48.3 Å². The number of hydrogen-bond donors (Lipinski definition) is 1. The Balaban J connectivity index is 0.00000220. The fourth-order valence-corrected chi connectivity index (χ4v) is 1.99. The maximum atomic E-state index is 12.0. The van der Waals surface area contributed by atoms with E-state index in [2.05, 4.69) is 5.10 Å². The molecule has 0 aliphatic carbocycles. The molecule has 1 unspecified atom stereocenters. The number of carbonyl (C=O) groups excluding carboxylic acids is 1. The lowest BCUT2D eigenvalue weighted by Crippen LogP contribution is -2.34. The Morgan fingerprint density at radius 3 is 2.67 bits per heavy atom. The summed E-state index contributed by atoms with van der Waals surface area (Å²) in [5.41, 5.74) is 7.52. The summed E-state index contributed by atoms with van der Waals surface area (Å²) in [6.45, 7) is 2.74. The molecule has 21 heavy (non-hydrogen) atoms. The van der Waals surface area contributed by atoms with Crippen LogP contribution in [0.2, 0.25) is 0 Å². The number of carbonyl (C=O) groups is 1. The van der Waals surface area contributed by atoms with Crippen LogP contribution >= 0.6 is 12.4 Å². The summed E-state index contributed by atoms with van der Waals surface area (Å²) in [5, 5.41) is 4.32. The molecule has 2 aromatic rings. The predicted octanol–water partition coefficient (Wildman–Crippen LogP) is 1.85. The highest BCUT2D eigenvalue weighted by Crippen LogP contribution is 2.10. The summed E-state index contributed by atoms with van der Waals surface area (Å²) in [7, 11) is 1.79. The highest BCUT2D eigenvalue weighted by Gasteiger charge is 2.16. The standard InChI is InChI=1S/C15H20N4O.ClH/c1-12(8-16)15(20)18(2)10-13-9-17-19(11-13)14-6-4-3-5-7-14;/h3-7,9,11-12H,8,10,16H2,1-2H3;1H. The molecule has 0 saturated carbocycles. The van der Waals surface area contributed by atoms with Crippen molar-refractivity contribution in [2.75, 3.05) is 13.6 Å². The molecule has 1 aromatic heterocycles. The van der Waals surface area contributed by atoms with Crippen molar-refractivity contribution in [1.29, 1.82) is 0 Å². The first-order valence-corrected chi connectivity index (χ1v) is 6.66. The van der Waals surface area contributed by atoms with E-state index in [0.29, 0.717) is 13.1 Å². The van der Waals surface area contributed by atoms with Crippen LogP contribution in [0, 0.1) is 5.92 Å². The summed E-state index contributed by atoms with van der Waals surface area (Å²) >= 11 is 0. The lowest BCUT2D eigenvalue weighted by atomic mass is 10.1. The summed E-state index contributed by atoms with van der Waals surface area (Å²) < 4.78 is 1.81. The van der Waals surface area contributed by atoms with E-state index in [0.717, 1.165) is 11.3 Å². The molecule has 0 aliphatic heterocycles. The van der Waals surface area contributed by atoms with Crippen LogP contribution in [0.1, 0.15) is 12.5 Å². The molecule has 0 saturated heterocycles. The van der Waals surface area contributed by atoms with Gasteiger partial charge < -0.3 is 10.6 Å². The molecule has 5 nitrogen and oxygen atoms in total. The van der Waals surface area contributed by atoms with E-state index >= 15 is 0 Å². The first kappa shape index (κ1) is 17.2. The van der Waals surface area contributed by atoms with Crippen molar-refractivity contribution >= 4 is 18.3 Å². The summed E-state index contributed by atoms with van der Waals surface area (Å²) in [6, 6.07) is 9.88. The fraction of sp³-hybridized carbons (Fsp3) is 0.333. The number of aromatic nitrogens is 2. The zero-order chi connectivity index (χ0) is 14.5. The van der Waals surface area contributed by atoms with Crippen LogP contribution in [0.15, 0.2) is 42.7 Å². The van der Waals surface area contributed by atoms with Gasteiger partial charge in [-0.2, -0.15) is 5.10 Å². The Labute approximate surface area is 131 Å². The van der Waals surface area contributed by atoms with Crippen LogP contribution < -0.4 is 5.73 Å². The molecule has 0 bridgehead atoms. The molecule has 0 spiro atoms. The van der Waals surface area contributed by atoms with E-state index in [1.165, 1.54) is 0 Å². The highest BCUT2D eigenvalue weighted by molar-refractivity contribution is 5.85. The van der Waals surface area contributed by atoms with Crippen LogP contribution in [-0.4, -0.2) is 34.2 Å². The number of amides is 1. The van der Waals surface area contributed by atoms with Gasteiger partial charge in [-0.15, -0.1) is 12.4 Å². The minimum atomic E-state index is -0.149. The van der Waals surface area contributed by atoms with Crippen molar-refractivity contribution in [3.63, 3.8) is 0 Å². The maximum Gasteiger partial charge on any atom is 0.226 e. The molecule has 114 valence electrons.